The van der Waals surface area contributed by atoms with Crippen LogP contribution in [0.1, 0.15) is 51.4 Å². The van der Waals surface area contributed by atoms with Gasteiger partial charge in [-0.3, -0.25) is 9.10 Å². The van der Waals surface area contributed by atoms with Crippen LogP contribution >= 0.6 is 22.9 Å². The van der Waals surface area contributed by atoms with Crippen LogP contribution in [0.15, 0.2) is 60.0 Å². The van der Waals surface area contributed by atoms with Crippen molar-refractivity contribution in [3.63, 3.8) is 0 Å². The first-order chi connectivity index (χ1) is 21.0. The Labute approximate surface area is 265 Å². The minimum atomic E-state index is -4.17. The number of hydrogen-bond acceptors (Lipinski definition) is 9. The molecule has 1 aliphatic carbocycles. The molecule has 13 heteroatoms. The molecule has 0 aliphatic heterocycles. The lowest BCUT2D eigenvalue weighted by Gasteiger charge is -2.23. The number of carbonyl (C=O) groups excluding carboxylic acids is 3. The van der Waals surface area contributed by atoms with Gasteiger partial charge in [-0.05, 0) is 80.1 Å². The molecule has 2 aromatic carbocycles. The van der Waals surface area contributed by atoms with Crippen LogP contribution in [0.25, 0.3) is 0 Å². The van der Waals surface area contributed by atoms with Crippen LogP contribution in [0.4, 0.5) is 10.7 Å². The summed E-state index contributed by atoms with van der Waals surface area (Å²) in [6, 6.07) is 10.1. The van der Waals surface area contributed by atoms with Gasteiger partial charge in [0.1, 0.15) is 10.8 Å². The monoisotopic (exact) mass is 660 g/mol. The van der Waals surface area contributed by atoms with E-state index >= 15 is 0 Å². The summed E-state index contributed by atoms with van der Waals surface area (Å²) in [5.74, 6) is -1.18. The van der Waals surface area contributed by atoms with Gasteiger partial charge in [0.2, 0.25) is 0 Å². The fourth-order valence-corrected chi connectivity index (χ4v) is 7.86. The van der Waals surface area contributed by atoms with Gasteiger partial charge in [0.15, 0.2) is 6.61 Å². The maximum absolute atomic E-state index is 13.6. The number of sulfonamides is 1. The summed E-state index contributed by atoms with van der Waals surface area (Å²) in [6.45, 7) is 6.94. The molecule has 1 N–H and O–H groups in total. The molecular formula is C31H33ClN2O8S2. The summed E-state index contributed by atoms with van der Waals surface area (Å²) in [5, 5.41) is 2.97. The van der Waals surface area contributed by atoms with Crippen molar-refractivity contribution in [2.24, 2.45) is 5.92 Å². The van der Waals surface area contributed by atoms with E-state index in [1.54, 1.807) is 31.2 Å². The average molecular weight is 661 g/mol. The summed E-state index contributed by atoms with van der Waals surface area (Å²) in [7, 11) is -2.67. The van der Waals surface area contributed by atoms with Gasteiger partial charge in [-0.1, -0.05) is 24.6 Å². The minimum absolute atomic E-state index is 0.0455. The lowest BCUT2D eigenvalue weighted by Crippen LogP contribution is -2.31. The van der Waals surface area contributed by atoms with E-state index in [1.165, 1.54) is 36.7 Å². The van der Waals surface area contributed by atoms with Gasteiger partial charge in [-0.25, -0.2) is 18.0 Å². The number of nitrogens with one attached hydrogen (secondary N) is 1. The average Bonchev–Trinajstić information content (AvgIpc) is 3.35. The Morgan fingerprint density at radius 1 is 1.14 bits per heavy atom. The second-order valence-electron chi connectivity index (χ2n) is 10.1. The molecule has 1 aromatic heterocycles. The number of carbonyl (C=O) groups is 3. The first-order valence-corrected chi connectivity index (χ1v) is 16.5. The van der Waals surface area contributed by atoms with Gasteiger partial charge in [0, 0.05) is 4.88 Å². The molecule has 1 unspecified atom stereocenters. The number of fused-ring (bicyclic) bond motifs is 1. The van der Waals surface area contributed by atoms with E-state index in [0.717, 1.165) is 33.7 Å². The molecule has 0 saturated heterocycles. The van der Waals surface area contributed by atoms with Gasteiger partial charge in [0.05, 0.1) is 47.0 Å². The van der Waals surface area contributed by atoms with E-state index < -0.39 is 34.5 Å². The van der Waals surface area contributed by atoms with E-state index in [9.17, 15) is 22.8 Å². The van der Waals surface area contributed by atoms with Crippen LogP contribution in [-0.4, -0.2) is 53.1 Å². The number of esters is 2. The van der Waals surface area contributed by atoms with Crippen LogP contribution in [0.3, 0.4) is 0 Å². The van der Waals surface area contributed by atoms with Crippen molar-refractivity contribution in [3.05, 3.63) is 81.7 Å². The fraction of sp³-hybridized carbons (Fsp3) is 0.323. The maximum Gasteiger partial charge on any atom is 0.341 e. The molecule has 234 valence electrons. The van der Waals surface area contributed by atoms with Crippen LogP contribution in [0, 0.1) is 5.92 Å². The highest BCUT2D eigenvalue weighted by Crippen LogP contribution is 2.40. The molecule has 44 heavy (non-hydrogen) atoms. The van der Waals surface area contributed by atoms with E-state index in [2.05, 4.69) is 18.8 Å². The first kappa shape index (κ1) is 33.0. The number of rotatable bonds is 12. The number of anilines is 2. The van der Waals surface area contributed by atoms with Crippen molar-refractivity contribution in [1.29, 1.82) is 0 Å². The van der Waals surface area contributed by atoms with Gasteiger partial charge >= 0.3 is 11.9 Å². The summed E-state index contributed by atoms with van der Waals surface area (Å²) in [5.41, 5.74) is 1.33. The number of benzene rings is 2. The van der Waals surface area contributed by atoms with Gasteiger partial charge in [-0.15, -0.1) is 17.9 Å². The fourth-order valence-electron chi connectivity index (χ4n) is 4.79. The Hall–Kier alpha value is -3.87. The molecule has 1 amide bonds. The zero-order valence-electron chi connectivity index (χ0n) is 24.6. The smallest absolute Gasteiger partial charge is 0.341 e. The number of thiophene rings is 1. The maximum atomic E-state index is 13.6. The SMILES string of the molecule is C=CCN(c1ccc(OC)cc1)S(=O)(=O)c1ccc(Cl)c(C(=O)OCC(=O)Nc2sc3c(c2C(=O)OCC)CCC(C)C3)c1. The third-order valence-corrected chi connectivity index (χ3v) is 10.3. The van der Waals surface area contributed by atoms with E-state index in [0.29, 0.717) is 34.3 Å². The molecule has 0 radical (unpaired) electrons. The lowest BCUT2D eigenvalue weighted by molar-refractivity contribution is -0.119. The molecular weight excluding hydrogens is 628 g/mol. The van der Waals surface area contributed by atoms with Crippen LogP contribution in [0.5, 0.6) is 5.75 Å². The third kappa shape index (κ3) is 7.25. The molecule has 0 bridgehead atoms. The molecule has 0 saturated carbocycles. The van der Waals surface area contributed by atoms with E-state index in [4.69, 9.17) is 25.8 Å². The first-order valence-electron chi connectivity index (χ1n) is 13.9. The highest BCUT2D eigenvalue weighted by atomic mass is 35.5. The third-order valence-electron chi connectivity index (χ3n) is 6.98. The van der Waals surface area contributed by atoms with Crippen molar-refractivity contribution in [1.82, 2.24) is 0 Å². The normalized spacial score (nSPS) is 14.2. The molecule has 1 atom stereocenters. The van der Waals surface area contributed by atoms with Crippen LogP contribution in [0.2, 0.25) is 5.02 Å². The van der Waals surface area contributed by atoms with Crippen molar-refractivity contribution in [2.45, 2.75) is 38.0 Å². The topological polar surface area (TPSA) is 128 Å². The highest BCUT2D eigenvalue weighted by Gasteiger charge is 2.30. The van der Waals surface area contributed by atoms with E-state index in [1.807, 2.05) is 0 Å². The number of amides is 1. The Bertz CT molecular complexity index is 1670. The molecule has 3 aromatic rings. The summed E-state index contributed by atoms with van der Waals surface area (Å²) in [6.07, 6.45) is 3.84. The van der Waals surface area contributed by atoms with Crippen molar-refractivity contribution >= 4 is 61.5 Å². The molecule has 1 heterocycles. The zero-order chi connectivity index (χ0) is 32.0. The quantitative estimate of drug-likeness (QED) is 0.188. The Morgan fingerprint density at radius 2 is 1.86 bits per heavy atom. The number of halogens is 1. The van der Waals surface area contributed by atoms with Crippen LogP contribution in [-0.2, 0) is 37.1 Å². The molecule has 0 spiro atoms. The summed E-state index contributed by atoms with van der Waals surface area (Å²) >= 11 is 7.56. The summed E-state index contributed by atoms with van der Waals surface area (Å²) in [4.78, 5) is 39.4. The number of hydrogen-bond donors (Lipinski definition) is 1. The van der Waals surface area contributed by atoms with Crippen LogP contribution < -0.4 is 14.4 Å². The predicted molar refractivity (Wildman–Crippen MR) is 170 cm³/mol. The van der Waals surface area contributed by atoms with Crippen molar-refractivity contribution in [3.8, 4) is 5.75 Å². The van der Waals surface area contributed by atoms with Crippen molar-refractivity contribution < 1.29 is 37.0 Å². The zero-order valence-corrected chi connectivity index (χ0v) is 26.9. The largest absolute Gasteiger partial charge is 0.497 e. The number of methoxy groups -OCH3 is 1. The molecule has 1 aliphatic rings. The summed E-state index contributed by atoms with van der Waals surface area (Å²) < 4.78 is 44.0. The Kier molecular flexibility index (Phi) is 10.7. The molecule has 10 nitrogen and oxygen atoms in total. The van der Waals surface area contributed by atoms with Gasteiger partial charge < -0.3 is 19.5 Å². The highest BCUT2D eigenvalue weighted by molar-refractivity contribution is 7.92. The minimum Gasteiger partial charge on any atom is -0.497 e. The second kappa shape index (κ2) is 14.3. The van der Waals surface area contributed by atoms with Crippen molar-refractivity contribution in [2.75, 3.05) is 36.5 Å². The van der Waals surface area contributed by atoms with Gasteiger partial charge in [-0.2, -0.15) is 0 Å². The Balaban J connectivity index is 1.51. The predicted octanol–water partition coefficient (Wildman–Crippen LogP) is 5.89. The molecule has 0 fully saturated rings. The standard InChI is InChI=1S/C31H33ClN2O8S2/c1-5-15-34(20-8-10-21(40-4)11-9-20)44(38,39)22-12-14-25(32)24(17-22)30(36)42-18-27(35)33-29-28(31(37)41-6-2)23-13-7-19(3)16-26(23)43-29/h5,8-12,14,17,19H,1,6-7,13,15-16,18H2,2-4H3,(H,33,35). The van der Waals surface area contributed by atoms with Gasteiger partial charge in [0.25, 0.3) is 15.9 Å². The van der Waals surface area contributed by atoms with E-state index in [-0.39, 0.29) is 28.6 Å². The number of nitrogens with zero attached hydrogens (tertiary/aromatic N) is 1. The Morgan fingerprint density at radius 3 is 2.52 bits per heavy atom. The molecule has 4 rings (SSSR count). The lowest BCUT2D eigenvalue weighted by atomic mass is 9.88. The number of ether oxygens (including phenoxy) is 3. The second-order valence-corrected chi connectivity index (χ2v) is 13.4.